The third kappa shape index (κ3) is 5.93. The van der Waals surface area contributed by atoms with Gasteiger partial charge in [-0.3, -0.25) is 9.59 Å². The quantitative estimate of drug-likeness (QED) is 0.784. The first-order chi connectivity index (χ1) is 9.55. The molecule has 0 heterocycles. The summed E-state index contributed by atoms with van der Waals surface area (Å²) in [7, 11) is 1.32. The molecule has 1 N–H and O–H groups in total. The van der Waals surface area contributed by atoms with E-state index in [4.69, 9.17) is 16.3 Å². The van der Waals surface area contributed by atoms with Crippen molar-refractivity contribution in [2.45, 2.75) is 25.8 Å². The Hall–Kier alpha value is -1.75. The molecule has 5 nitrogen and oxygen atoms in total. The molecular formula is C14H18ClNO4. The zero-order valence-corrected chi connectivity index (χ0v) is 12.3. The Kier molecular flexibility index (Phi) is 6.87. The predicted molar refractivity (Wildman–Crippen MR) is 75.8 cm³/mol. The molecule has 20 heavy (non-hydrogen) atoms. The Morgan fingerprint density at radius 2 is 1.95 bits per heavy atom. The first kappa shape index (κ1) is 16.3. The summed E-state index contributed by atoms with van der Waals surface area (Å²) in [6.07, 6.45) is 0.793. The van der Waals surface area contributed by atoms with E-state index in [1.54, 1.807) is 24.3 Å². The van der Waals surface area contributed by atoms with Gasteiger partial charge >= 0.3 is 5.97 Å². The maximum Gasteiger partial charge on any atom is 0.307 e. The SMILES string of the molecule is CCC(CC(=O)OC)NC(=O)COc1ccc(Cl)cc1. The van der Waals surface area contributed by atoms with E-state index in [1.165, 1.54) is 7.11 Å². The summed E-state index contributed by atoms with van der Waals surface area (Å²) in [5, 5.41) is 3.33. The second-order valence-corrected chi connectivity index (χ2v) is 4.63. The van der Waals surface area contributed by atoms with E-state index in [0.29, 0.717) is 17.2 Å². The first-order valence-electron chi connectivity index (χ1n) is 6.29. The van der Waals surface area contributed by atoms with Crippen LogP contribution < -0.4 is 10.1 Å². The lowest BCUT2D eigenvalue weighted by atomic mass is 10.1. The fourth-order valence-electron chi connectivity index (χ4n) is 1.53. The molecule has 1 rings (SSSR count). The molecule has 0 bridgehead atoms. The predicted octanol–water partition coefficient (Wildman–Crippen LogP) is 2.18. The molecule has 1 aromatic rings. The van der Waals surface area contributed by atoms with Gasteiger partial charge in [-0.15, -0.1) is 0 Å². The molecule has 0 aliphatic carbocycles. The van der Waals surface area contributed by atoms with Crippen LogP contribution in [0.15, 0.2) is 24.3 Å². The van der Waals surface area contributed by atoms with E-state index in [-0.39, 0.29) is 30.9 Å². The van der Waals surface area contributed by atoms with Crippen LogP contribution in [-0.2, 0) is 14.3 Å². The van der Waals surface area contributed by atoms with Gasteiger partial charge in [-0.2, -0.15) is 0 Å². The van der Waals surface area contributed by atoms with Crippen LogP contribution in [0.5, 0.6) is 5.75 Å². The number of carbonyl (C=O) groups is 2. The number of methoxy groups -OCH3 is 1. The van der Waals surface area contributed by atoms with Gasteiger partial charge in [0, 0.05) is 11.1 Å². The second kappa shape index (κ2) is 8.43. The van der Waals surface area contributed by atoms with Crippen LogP contribution in [0.1, 0.15) is 19.8 Å². The zero-order valence-electron chi connectivity index (χ0n) is 11.5. The summed E-state index contributed by atoms with van der Waals surface area (Å²) in [5.41, 5.74) is 0. The van der Waals surface area contributed by atoms with Crippen molar-refractivity contribution >= 4 is 23.5 Å². The van der Waals surface area contributed by atoms with Gasteiger partial charge in [0.1, 0.15) is 5.75 Å². The minimum absolute atomic E-state index is 0.112. The topological polar surface area (TPSA) is 64.6 Å². The van der Waals surface area contributed by atoms with Crippen LogP contribution in [0.25, 0.3) is 0 Å². The third-order valence-electron chi connectivity index (χ3n) is 2.68. The number of esters is 1. The van der Waals surface area contributed by atoms with E-state index in [9.17, 15) is 9.59 Å². The summed E-state index contributed by atoms with van der Waals surface area (Å²) in [4.78, 5) is 22.9. The molecule has 110 valence electrons. The van der Waals surface area contributed by atoms with Gasteiger partial charge < -0.3 is 14.8 Å². The van der Waals surface area contributed by atoms with Crippen LogP contribution in [0.4, 0.5) is 0 Å². The van der Waals surface area contributed by atoms with Gasteiger partial charge in [0.15, 0.2) is 6.61 Å². The lowest BCUT2D eigenvalue weighted by Gasteiger charge is -2.15. The largest absolute Gasteiger partial charge is 0.484 e. The van der Waals surface area contributed by atoms with Crippen molar-refractivity contribution in [3.63, 3.8) is 0 Å². The highest BCUT2D eigenvalue weighted by Gasteiger charge is 2.15. The minimum Gasteiger partial charge on any atom is -0.484 e. The summed E-state index contributed by atoms with van der Waals surface area (Å²) in [6, 6.07) is 6.48. The van der Waals surface area contributed by atoms with Crippen LogP contribution in [0.2, 0.25) is 5.02 Å². The Bertz CT molecular complexity index is 447. The van der Waals surface area contributed by atoms with Gasteiger partial charge in [-0.1, -0.05) is 18.5 Å². The molecule has 0 spiro atoms. The molecule has 1 atom stereocenters. The van der Waals surface area contributed by atoms with Gasteiger partial charge in [-0.25, -0.2) is 0 Å². The minimum atomic E-state index is -0.351. The van der Waals surface area contributed by atoms with E-state index in [0.717, 1.165) is 0 Å². The van der Waals surface area contributed by atoms with E-state index >= 15 is 0 Å². The maximum atomic E-state index is 11.7. The standard InChI is InChI=1S/C14H18ClNO4/c1-3-11(8-14(18)19-2)16-13(17)9-20-12-6-4-10(15)5-7-12/h4-7,11H,3,8-9H2,1-2H3,(H,16,17). The first-order valence-corrected chi connectivity index (χ1v) is 6.67. The van der Waals surface area contributed by atoms with Gasteiger partial charge in [-0.05, 0) is 30.7 Å². The summed E-state index contributed by atoms with van der Waals surface area (Å²) in [6.45, 7) is 1.77. The molecule has 0 saturated carbocycles. The van der Waals surface area contributed by atoms with Crippen molar-refractivity contribution in [3.05, 3.63) is 29.3 Å². The number of hydrogen-bond donors (Lipinski definition) is 1. The van der Waals surface area contributed by atoms with Crippen LogP contribution in [0.3, 0.4) is 0 Å². The summed E-state index contributed by atoms with van der Waals surface area (Å²) >= 11 is 5.75. The molecule has 0 radical (unpaired) electrons. The van der Waals surface area contributed by atoms with Gasteiger partial charge in [0.2, 0.25) is 0 Å². The molecule has 1 unspecified atom stereocenters. The van der Waals surface area contributed by atoms with Crippen molar-refractivity contribution < 1.29 is 19.1 Å². The average molecular weight is 300 g/mol. The fraction of sp³-hybridized carbons (Fsp3) is 0.429. The number of nitrogens with one attached hydrogen (secondary N) is 1. The van der Waals surface area contributed by atoms with E-state index in [2.05, 4.69) is 10.1 Å². The summed E-state index contributed by atoms with van der Waals surface area (Å²) < 4.78 is 9.88. The molecule has 1 amide bonds. The van der Waals surface area contributed by atoms with Crippen molar-refractivity contribution in [2.24, 2.45) is 0 Å². The molecule has 0 aromatic heterocycles. The lowest BCUT2D eigenvalue weighted by molar-refractivity contribution is -0.141. The number of rotatable bonds is 7. The molecule has 0 aliphatic heterocycles. The van der Waals surface area contributed by atoms with E-state index < -0.39 is 0 Å². The highest BCUT2D eigenvalue weighted by molar-refractivity contribution is 6.30. The maximum absolute atomic E-state index is 11.7. The molecule has 0 saturated heterocycles. The van der Waals surface area contributed by atoms with Crippen molar-refractivity contribution in [1.82, 2.24) is 5.32 Å². The number of amides is 1. The number of carbonyl (C=O) groups excluding carboxylic acids is 2. The van der Waals surface area contributed by atoms with Crippen molar-refractivity contribution in [1.29, 1.82) is 0 Å². The summed E-state index contributed by atoms with van der Waals surface area (Å²) in [5.74, 6) is -0.0722. The Balaban J connectivity index is 2.38. The van der Waals surface area contributed by atoms with Crippen molar-refractivity contribution in [3.8, 4) is 5.75 Å². The van der Waals surface area contributed by atoms with Crippen molar-refractivity contribution in [2.75, 3.05) is 13.7 Å². The number of ether oxygens (including phenoxy) is 2. The lowest BCUT2D eigenvalue weighted by Crippen LogP contribution is -2.39. The molecular weight excluding hydrogens is 282 g/mol. The van der Waals surface area contributed by atoms with E-state index in [1.807, 2.05) is 6.92 Å². The smallest absolute Gasteiger partial charge is 0.307 e. The Labute approximate surface area is 123 Å². The van der Waals surface area contributed by atoms with Crippen LogP contribution in [-0.4, -0.2) is 31.6 Å². The normalized spacial score (nSPS) is 11.6. The Morgan fingerprint density at radius 1 is 1.30 bits per heavy atom. The van der Waals surface area contributed by atoms with Gasteiger partial charge in [0.25, 0.3) is 5.91 Å². The molecule has 6 heteroatoms. The molecule has 1 aromatic carbocycles. The van der Waals surface area contributed by atoms with Crippen LogP contribution in [0, 0.1) is 0 Å². The van der Waals surface area contributed by atoms with Crippen LogP contribution >= 0.6 is 11.6 Å². The molecule has 0 fully saturated rings. The molecule has 0 aliphatic rings. The highest BCUT2D eigenvalue weighted by Crippen LogP contribution is 2.15. The monoisotopic (exact) mass is 299 g/mol. The number of halogens is 1. The fourth-order valence-corrected chi connectivity index (χ4v) is 1.66. The highest BCUT2D eigenvalue weighted by atomic mass is 35.5. The second-order valence-electron chi connectivity index (χ2n) is 4.20. The average Bonchev–Trinajstić information content (AvgIpc) is 2.45. The number of hydrogen-bond acceptors (Lipinski definition) is 4. The third-order valence-corrected chi connectivity index (χ3v) is 2.93. The number of benzene rings is 1. The van der Waals surface area contributed by atoms with Gasteiger partial charge in [0.05, 0.1) is 13.5 Å². The zero-order chi connectivity index (χ0) is 15.0. The Morgan fingerprint density at radius 3 is 2.50 bits per heavy atom.